The van der Waals surface area contributed by atoms with Gasteiger partial charge in [-0.1, -0.05) is 23.7 Å². The lowest BCUT2D eigenvalue weighted by molar-refractivity contribution is -0.384. The van der Waals surface area contributed by atoms with E-state index in [2.05, 4.69) is 5.32 Å². The minimum atomic E-state index is -4.47. The minimum Gasteiger partial charge on any atom is -0.321 e. The molecule has 0 aliphatic heterocycles. The number of carbonyl (C=O) groups excluding carboxylic acids is 1. The minimum absolute atomic E-state index is 0.0324. The lowest BCUT2D eigenvalue weighted by atomic mass is 10.1. The number of halogens is 4. The van der Waals surface area contributed by atoms with Crippen molar-refractivity contribution in [3.05, 3.63) is 74.8 Å². The van der Waals surface area contributed by atoms with Crippen molar-refractivity contribution in [2.75, 3.05) is 5.32 Å². The summed E-state index contributed by atoms with van der Waals surface area (Å²) in [5.41, 5.74) is -0.721. The second kappa shape index (κ2) is 7.35. The fraction of sp³-hybridized carbons (Fsp3) is 0.0625. The van der Waals surface area contributed by atoms with Crippen molar-refractivity contribution < 1.29 is 22.9 Å². The topological polar surface area (TPSA) is 72.2 Å². The molecule has 0 heterocycles. The molecule has 0 unspecified atom stereocenters. The van der Waals surface area contributed by atoms with Crippen molar-refractivity contribution in [1.29, 1.82) is 0 Å². The van der Waals surface area contributed by atoms with Crippen molar-refractivity contribution in [1.82, 2.24) is 0 Å². The molecule has 1 N–H and O–H groups in total. The van der Waals surface area contributed by atoms with Crippen LogP contribution >= 0.6 is 11.6 Å². The molecular weight excluding hydrogens is 361 g/mol. The van der Waals surface area contributed by atoms with Crippen molar-refractivity contribution >= 4 is 35.0 Å². The van der Waals surface area contributed by atoms with Gasteiger partial charge < -0.3 is 5.32 Å². The van der Waals surface area contributed by atoms with Gasteiger partial charge in [-0.15, -0.1) is 0 Å². The third kappa shape index (κ3) is 5.05. The van der Waals surface area contributed by atoms with Crippen LogP contribution in [0, 0.1) is 10.1 Å². The highest BCUT2D eigenvalue weighted by Gasteiger charge is 2.30. The van der Waals surface area contributed by atoms with Crippen LogP contribution in [-0.2, 0) is 11.0 Å². The fourth-order valence-electron chi connectivity index (χ4n) is 1.88. The van der Waals surface area contributed by atoms with Crippen LogP contribution in [0.15, 0.2) is 48.5 Å². The maximum atomic E-state index is 12.6. The zero-order valence-electron chi connectivity index (χ0n) is 12.4. The summed E-state index contributed by atoms with van der Waals surface area (Å²) in [5.74, 6) is -0.645. The average molecular weight is 371 g/mol. The number of nitrogens with zero attached hydrogens (tertiary/aromatic N) is 1. The highest BCUT2D eigenvalue weighted by molar-refractivity contribution is 6.34. The Balaban J connectivity index is 2.10. The Bertz CT molecular complexity index is 851. The predicted molar refractivity (Wildman–Crippen MR) is 87.2 cm³/mol. The summed E-state index contributed by atoms with van der Waals surface area (Å²) in [5, 5.41) is 13.0. The maximum Gasteiger partial charge on any atom is 0.416 e. The molecule has 2 aromatic rings. The number of hydrogen-bond donors (Lipinski definition) is 1. The van der Waals surface area contributed by atoms with Crippen molar-refractivity contribution in [3.8, 4) is 0 Å². The summed E-state index contributed by atoms with van der Waals surface area (Å²) in [7, 11) is 0. The molecule has 2 aromatic carbocycles. The Morgan fingerprint density at radius 1 is 1.20 bits per heavy atom. The number of hydrogen-bond acceptors (Lipinski definition) is 3. The van der Waals surface area contributed by atoms with Crippen LogP contribution in [0.2, 0.25) is 5.02 Å². The molecule has 2 rings (SSSR count). The van der Waals surface area contributed by atoms with Gasteiger partial charge >= 0.3 is 6.18 Å². The molecule has 1 amide bonds. The Kier molecular flexibility index (Phi) is 5.43. The van der Waals surface area contributed by atoms with Crippen molar-refractivity contribution in [3.63, 3.8) is 0 Å². The van der Waals surface area contributed by atoms with Gasteiger partial charge in [-0.25, -0.2) is 0 Å². The summed E-state index contributed by atoms with van der Waals surface area (Å²) >= 11 is 5.84. The van der Waals surface area contributed by atoms with E-state index in [-0.39, 0.29) is 22.0 Å². The van der Waals surface area contributed by atoms with E-state index >= 15 is 0 Å². The van der Waals surface area contributed by atoms with Gasteiger partial charge in [0.2, 0.25) is 5.91 Å². The van der Waals surface area contributed by atoms with Crippen LogP contribution in [-0.4, -0.2) is 10.8 Å². The van der Waals surface area contributed by atoms with E-state index in [4.69, 9.17) is 11.6 Å². The highest BCUT2D eigenvalue weighted by Crippen LogP contribution is 2.30. The summed E-state index contributed by atoms with van der Waals surface area (Å²) in [6.45, 7) is 0. The molecule has 5 nitrogen and oxygen atoms in total. The van der Waals surface area contributed by atoms with E-state index in [1.165, 1.54) is 24.3 Å². The molecule has 9 heteroatoms. The molecule has 0 saturated heterocycles. The Labute approximate surface area is 144 Å². The maximum absolute atomic E-state index is 12.6. The lowest BCUT2D eigenvalue weighted by Gasteiger charge is -2.07. The number of nitro groups is 1. The second-order valence-corrected chi connectivity index (χ2v) is 5.27. The normalized spacial score (nSPS) is 11.5. The quantitative estimate of drug-likeness (QED) is 0.471. The summed E-state index contributed by atoms with van der Waals surface area (Å²) in [6, 6.07) is 7.98. The number of rotatable bonds is 4. The second-order valence-electron chi connectivity index (χ2n) is 4.87. The van der Waals surface area contributed by atoms with E-state index in [1.54, 1.807) is 0 Å². The van der Waals surface area contributed by atoms with Crippen LogP contribution in [0.3, 0.4) is 0 Å². The zero-order chi connectivity index (χ0) is 18.6. The SMILES string of the molecule is O=C(/C=C/c1cccc(C(F)(F)F)c1)Nc1ccc([N+](=O)[O-])cc1Cl. The largest absolute Gasteiger partial charge is 0.416 e. The molecule has 0 aliphatic carbocycles. The van der Waals surface area contributed by atoms with Gasteiger partial charge in [-0.2, -0.15) is 13.2 Å². The van der Waals surface area contributed by atoms with Crippen LogP contribution in [0.25, 0.3) is 6.08 Å². The van der Waals surface area contributed by atoms with Crippen LogP contribution in [0.1, 0.15) is 11.1 Å². The smallest absolute Gasteiger partial charge is 0.321 e. The first kappa shape index (κ1) is 18.5. The molecule has 0 aromatic heterocycles. The zero-order valence-corrected chi connectivity index (χ0v) is 13.1. The van der Waals surface area contributed by atoms with Gasteiger partial charge in [0.15, 0.2) is 0 Å². The third-order valence-corrected chi connectivity index (χ3v) is 3.38. The van der Waals surface area contributed by atoms with Gasteiger partial charge in [0.25, 0.3) is 5.69 Å². The van der Waals surface area contributed by atoms with E-state index in [9.17, 15) is 28.1 Å². The first-order chi connectivity index (χ1) is 11.7. The van der Waals surface area contributed by atoms with Gasteiger partial charge in [0, 0.05) is 18.2 Å². The van der Waals surface area contributed by atoms with Gasteiger partial charge in [0.05, 0.1) is 21.2 Å². The monoisotopic (exact) mass is 370 g/mol. The standard InChI is InChI=1S/C16H10ClF3N2O3/c17-13-9-12(22(24)25)5-6-14(13)21-15(23)7-4-10-2-1-3-11(8-10)16(18,19)20/h1-9H,(H,21,23)/b7-4+. The van der Waals surface area contributed by atoms with E-state index in [0.29, 0.717) is 0 Å². The van der Waals surface area contributed by atoms with Crippen molar-refractivity contribution in [2.45, 2.75) is 6.18 Å². The number of non-ortho nitro benzene ring substituents is 1. The molecule has 0 bridgehead atoms. The van der Waals surface area contributed by atoms with Crippen molar-refractivity contribution in [2.24, 2.45) is 0 Å². The third-order valence-electron chi connectivity index (χ3n) is 3.06. The van der Waals surface area contributed by atoms with Crippen LogP contribution in [0.4, 0.5) is 24.5 Å². The van der Waals surface area contributed by atoms with Gasteiger partial charge in [-0.05, 0) is 29.8 Å². The van der Waals surface area contributed by atoms with Gasteiger partial charge in [0.1, 0.15) is 0 Å². The van der Waals surface area contributed by atoms with Crippen LogP contribution < -0.4 is 5.32 Å². The number of nitro benzene ring substituents is 1. The van der Waals surface area contributed by atoms with Gasteiger partial charge in [-0.3, -0.25) is 14.9 Å². The molecule has 130 valence electrons. The number of nitrogens with one attached hydrogen (secondary N) is 1. The molecule has 25 heavy (non-hydrogen) atoms. The van der Waals surface area contributed by atoms with E-state index in [0.717, 1.165) is 30.3 Å². The number of anilines is 1. The fourth-order valence-corrected chi connectivity index (χ4v) is 2.11. The highest BCUT2D eigenvalue weighted by atomic mass is 35.5. The number of amides is 1. The Morgan fingerprint density at radius 3 is 2.52 bits per heavy atom. The number of benzene rings is 2. The lowest BCUT2D eigenvalue weighted by Crippen LogP contribution is -2.08. The molecule has 0 atom stereocenters. The van der Waals surface area contributed by atoms with Crippen LogP contribution in [0.5, 0.6) is 0 Å². The number of alkyl halides is 3. The molecule has 0 spiro atoms. The summed E-state index contributed by atoms with van der Waals surface area (Å²) in [4.78, 5) is 21.8. The first-order valence-corrected chi connectivity index (χ1v) is 7.15. The molecule has 0 fully saturated rings. The predicted octanol–water partition coefficient (Wildman–Crippen LogP) is 4.92. The first-order valence-electron chi connectivity index (χ1n) is 6.77. The molecule has 0 radical (unpaired) electrons. The van der Waals surface area contributed by atoms with E-state index in [1.807, 2.05) is 0 Å². The molecule has 0 aliphatic rings. The number of carbonyl (C=O) groups is 1. The average Bonchev–Trinajstić information content (AvgIpc) is 2.54. The summed E-state index contributed by atoms with van der Waals surface area (Å²) < 4.78 is 37.9. The Morgan fingerprint density at radius 2 is 1.92 bits per heavy atom. The summed E-state index contributed by atoms with van der Waals surface area (Å²) in [6.07, 6.45) is -2.23. The Hall–Kier alpha value is -2.87. The molecule has 0 saturated carbocycles. The molecular formula is C16H10ClF3N2O3. The van der Waals surface area contributed by atoms with E-state index < -0.39 is 22.6 Å².